The van der Waals surface area contributed by atoms with Crippen LogP contribution >= 0.6 is 0 Å². The first-order chi connectivity index (χ1) is 11.4. The van der Waals surface area contributed by atoms with Crippen LogP contribution in [0, 0.1) is 10.1 Å². The van der Waals surface area contributed by atoms with E-state index in [2.05, 4.69) is 41.1 Å². The highest BCUT2D eigenvalue weighted by Gasteiger charge is 2.43. The number of hydrogen-bond acceptors (Lipinski definition) is 4. The number of benzene rings is 2. The molecule has 1 aliphatic rings. The van der Waals surface area contributed by atoms with Gasteiger partial charge in [0.25, 0.3) is 5.69 Å². The number of para-hydroxylation sites is 1. The molecule has 1 heterocycles. The van der Waals surface area contributed by atoms with Gasteiger partial charge in [-0.2, -0.15) is 9.68 Å². The molecule has 0 bridgehead atoms. The van der Waals surface area contributed by atoms with Crippen molar-refractivity contribution in [3.05, 3.63) is 64.2 Å². The molecule has 2 aromatic carbocycles. The Kier molecular flexibility index (Phi) is 3.89. The van der Waals surface area contributed by atoms with E-state index in [-0.39, 0.29) is 11.1 Å². The van der Waals surface area contributed by atoms with Gasteiger partial charge in [0.1, 0.15) is 13.3 Å². The molecule has 0 unspecified atom stereocenters. The number of anilines is 1. The molecule has 0 radical (unpaired) electrons. The summed E-state index contributed by atoms with van der Waals surface area (Å²) in [7, 11) is 2.03. The van der Waals surface area contributed by atoms with E-state index < -0.39 is 4.92 Å². The molecule has 2 aromatic rings. The maximum atomic E-state index is 10.7. The predicted octanol–water partition coefficient (Wildman–Crippen LogP) is 3.70. The highest BCUT2D eigenvalue weighted by molar-refractivity contribution is 6.33. The molecule has 0 spiro atoms. The van der Waals surface area contributed by atoms with Crippen LogP contribution in [0.25, 0.3) is 0 Å². The first kappa shape index (κ1) is 15.9. The molecule has 0 saturated heterocycles. The monoisotopic (exact) mass is 323 g/mol. The SMILES string of the molecule is C[N+]1=C(C=NNc2ccc([N+](=O)[O-])cc2)C(C)(C)c2ccccc21. The van der Waals surface area contributed by atoms with Crippen LogP contribution in [-0.2, 0) is 5.41 Å². The third-order valence-corrected chi connectivity index (χ3v) is 4.40. The van der Waals surface area contributed by atoms with Gasteiger partial charge in [-0.3, -0.25) is 15.5 Å². The molecule has 0 aliphatic carbocycles. The average molecular weight is 323 g/mol. The van der Waals surface area contributed by atoms with Gasteiger partial charge in [0.05, 0.1) is 16.0 Å². The van der Waals surface area contributed by atoms with Crippen molar-refractivity contribution in [3.63, 3.8) is 0 Å². The smallest absolute Gasteiger partial charge is 0.269 e. The van der Waals surface area contributed by atoms with Crippen molar-refractivity contribution in [2.24, 2.45) is 5.10 Å². The Hall–Kier alpha value is -3.02. The Morgan fingerprint density at radius 3 is 2.46 bits per heavy atom. The van der Waals surface area contributed by atoms with Crippen molar-refractivity contribution in [1.82, 2.24) is 0 Å². The maximum Gasteiger partial charge on any atom is 0.269 e. The van der Waals surface area contributed by atoms with E-state index in [1.54, 1.807) is 18.3 Å². The first-order valence-electron chi connectivity index (χ1n) is 7.65. The lowest BCUT2D eigenvalue weighted by atomic mass is 9.82. The quantitative estimate of drug-likeness (QED) is 0.404. The zero-order valence-electron chi connectivity index (χ0n) is 13.9. The molecule has 6 heteroatoms. The van der Waals surface area contributed by atoms with Crippen LogP contribution < -0.4 is 5.43 Å². The van der Waals surface area contributed by atoms with E-state index >= 15 is 0 Å². The minimum Gasteiger partial charge on any atom is -0.278 e. The van der Waals surface area contributed by atoms with E-state index in [1.165, 1.54) is 23.4 Å². The summed E-state index contributed by atoms with van der Waals surface area (Å²) < 4.78 is 2.14. The van der Waals surface area contributed by atoms with Crippen LogP contribution in [0.2, 0.25) is 0 Å². The summed E-state index contributed by atoms with van der Waals surface area (Å²) in [6, 6.07) is 14.5. The normalized spacial score (nSPS) is 15.6. The summed E-state index contributed by atoms with van der Waals surface area (Å²) in [6.45, 7) is 4.34. The van der Waals surface area contributed by atoms with Gasteiger partial charge >= 0.3 is 0 Å². The van der Waals surface area contributed by atoms with Crippen LogP contribution in [0.5, 0.6) is 0 Å². The second-order valence-electron chi connectivity index (χ2n) is 6.26. The first-order valence-corrected chi connectivity index (χ1v) is 7.65. The standard InChI is InChI=1S/C18H18N4O2/c1-18(2)15-6-4-5-7-16(15)21(3)17(18)12-19-20-13-8-10-14(11-9-13)22(23)24/h4-12H,1-3H3/p+1. The maximum absolute atomic E-state index is 10.7. The molecule has 6 nitrogen and oxygen atoms in total. The fraction of sp³-hybridized carbons (Fsp3) is 0.222. The Bertz CT molecular complexity index is 852. The predicted molar refractivity (Wildman–Crippen MR) is 95.5 cm³/mol. The lowest BCUT2D eigenvalue weighted by molar-refractivity contribution is -0.400. The Balaban J connectivity index is 1.80. The number of hydrogen-bond donors (Lipinski definition) is 1. The van der Waals surface area contributed by atoms with Crippen LogP contribution in [0.1, 0.15) is 19.4 Å². The van der Waals surface area contributed by atoms with Crippen LogP contribution in [0.3, 0.4) is 0 Å². The fourth-order valence-electron chi connectivity index (χ4n) is 3.06. The molecular weight excluding hydrogens is 304 g/mol. The second-order valence-corrected chi connectivity index (χ2v) is 6.26. The van der Waals surface area contributed by atoms with Crippen molar-refractivity contribution in [2.45, 2.75) is 19.3 Å². The zero-order chi connectivity index (χ0) is 17.3. The Morgan fingerprint density at radius 1 is 1.17 bits per heavy atom. The summed E-state index contributed by atoms with van der Waals surface area (Å²) >= 11 is 0. The average Bonchev–Trinajstić information content (AvgIpc) is 2.76. The summed E-state index contributed by atoms with van der Waals surface area (Å²) in [5.74, 6) is 0. The van der Waals surface area contributed by atoms with Crippen molar-refractivity contribution < 1.29 is 9.50 Å². The zero-order valence-corrected chi connectivity index (χ0v) is 13.9. The third kappa shape index (κ3) is 2.67. The van der Waals surface area contributed by atoms with Crippen molar-refractivity contribution >= 4 is 29.0 Å². The van der Waals surface area contributed by atoms with Crippen molar-refractivity contribution in [3.8, 4) is 0 Å². The molecular formula is C18H19N4O2+. The van der Waals surface area contributed by atoms with E-state index in [1.807, 2.05) is 19.2 Å². The van der Waals surface area contributed by atoms with E-state index in [4.69, 9.17) is 0 Å². The topological polar surface area (TPSA) is 70.5 Å². The number of nitro groups is 1. The van der Waals surface area contributed by atoms with Gasteiger partial charge in [-0.25, -0.2) is 0 Å². The molecule has 1 aliphatic heterocycles. The minimum absolute atomic E-state index is 0.0611. The number of hydrazone groups is 1. The van der Waals surface area contributed by atoms with Gasteiger partial charge < -0.3 is 0 Å². The van der Waals surface area contributed by atoms with Crippen molar-refractivity contribution in [2.75, 3.05) is 12.5 Å². The Labute approximate surface area is 140 Å². The molecule has 122 valence electrons. The van der Waals surface area contributed by atoms with E-state index in [9.17, 15) is 10.1 Å². The summed E-state index contributed by atoms with van der Waals surface area (Å²) in [5.41, 5.74) is 7.08. The van der Waals surface area contributed by atoms with E-state index in [0.29, 0.717) is 5.69 Å². The highest BCUT2D eigenvalue weighted by Crippen LogP contribution is 2.37. The molecule has 24 heavy (non-hydrogen) atoms. The molecule has 3 rings (SSSR count). The lowest BCUT2D eigenvalue weighted by Gasteiger charge is -2.14. The van der Waals surface area contributed by atoms with Crippen LogP contribution in [0.4, 0.5) is 17.1 Å². The number of rotatable bonds is 4. The molecule has 0 amide bonds. The van der Waals surface area contributed by atoms with Gasteiger partial charge in [-0.1, -0.05) is 18.2 Å². The van der Waals surface area contributed by atoms with Crippen LogP contribution in [0.15, 0.2) is 53.6 Å². The third-order valence-electron chi connectivity index (χ3n) is 4.40. The highest BCUT2D eigenvalue weighted by atomic mass is 16.6. The summed E-state index contributed by atoms with van der Waals surface area (Å²) in [4.78, 5) is 10.2. The lowest BCUT2D eigenvalue weighted by Crippen LogP contribution is -2.30. The van der Waals surface area contributed by atoms with Gasteiger partial charge in [0, 0.05) is 23.8 Å². The van der Waals surface area contributed by atoms with E-state index in [0.717, 1.165) is 5.71 Å². The number of fused-ring (bicyclic) bond motifs is 1. The number of nitrogens with one attached hydrogen (secondary N) is 1. The number of nitro benzene ring substituents is 1. The van der Waals surface area contributed by atoms with Gasteiger partial charge in [-0.05, 0) is 26.0 Å². The fourth-order valence-corrected chi connectivity index (χ4v) is 3.06. The second kappa shape index (κ2) is 5.88. The number of non-ortho nitro benzene ring substituents is 1. The molecule has 0 atom stereocenters. The molecule has 0 aromatic heterocycles. The largest absolute Gasteiger partial charge is 0.278 e. The number of nitrogens with zero attached hydrogens (tertiary/aromatic N) is 3. The minimum atomic E-state index is -0.421. The van der Waals surface area contributed by atoms with Gasteiger partial charge in [-0.15, -0.1) is 0 Å². The molecule has 1 N–H and O–H groups in total. The molecule has 0 fully saturated rings. The van der Waals surface area contributed by atoms with Gasteiger partial charge in [0.15, 0.2) is 0 Å². The van der Waals surface area contributed by atoms with Crippen molar-refractivity contribution in [1.29, 1.82) is 0 Å². The van der Waals surface area contributed by atoms with Gasteiger partial charge in [0.2, 0.25) is 11.4 Å². The summed E-state index contributed by atoms with van der Waals surface area (Å²) in [5, 5.41) is 15.0. The summed E-state index contributed by atoms with van der Waals surface area (Å²) in [6.07, 6.45) is 1.81. The Morgan fingerprint density at radius 2 is 1.83 bits per heavy atom. The van der Waals surface area contributed by atoms with Crippen LogP contribution in [-0.4, -0.2) is 28.5 Å². The molecule has 0 saturated carbocycles.